The molecule has 0 aliphatic heterocycles. The summed E-state index contributed by atoms with van der Waals surface area (Å²) in [6.07, 6.45) is 6.31. The van der Waals surface area contributed by atoms with Crippen molar-refractivity contribution in [3.05, 3.63) is 28.5 Å². The summed E-state index contributed by atoms with van der Waals surface area (Å²) in [5, 5.41) is 3.39. The van der Waals surface area contributed by atoms with Gasteiger partial charge in [-0.25, -0.2) is 4.98 Å². The highest BCUT2D eigenvalue weighted by Gasteiger charge is 2.41. The van der Waals surface area contributed by atoms with E-state index >= 15 is 0 Å². The number of aromatic nitrogens is 1. The number of hydrogen-bond donors (Lipinski definition) is 1. The van der Waals surface area contributed by atoms with Gasteiger partial charge in [0, 0.05) is 22.5 Å². The Morgan fingerprint density at radius 2 is 2.26 bits per heavy atom. The molecule has 1 saturated carbocycles. The number of amides is 1. The van der Waals surface area contributed by atoms with E-state index in [-0.39, 0.29) is 10.7 Å². The Balaban J connectivity index is 2.01. The van der Waals surface area contributed by atoms with E-state index in [9.17, 15) is 4.79 Å². The number of hydrogen-bond acceptors (Lipinski definition) is 3. The second-order valence-electron chi connectivity index (χ2n) is 4.99. The van der Waals surface area contributed by atoms with E-state index in [1.54, 1.807) is 6.07 Å². The Bertz CT molecular complexity index is 475. The third-order valence-corrected chi connectivity index (χ3v) is 5.04. The Hall–Kier alpha value is -0.740. The predicted octanol–water partition coefficient (Wildman–Crippen LogP) is 3.31. The van der Waals surface area contributed by atoms with Crippen LogP contribution in [-0.2, 0) is 6.42 Å². The topological polar surface area (TPSA) is 42.0 Å². The highest BCUT2D eigenvalue weighted by Crippen LogP contribution is 2.46. The molecule has 1 fully saturated rings. The predicted molar refractivity (Wildman–Crippen MR) is 81.1 cm³/mol. The van der Waals surface area contributed by atoms with Crippen LogP contribution in [0.15, 0.2) is 12.1 Å². The first-order valence-electron chi connectivity index (χ1n) is 6.58. The van der Waals surface area contributed by atoms with Crippen molar-refractivity contribution in [2.75, 3.05) is 12.8 Å². The third-order valence-electron chi connectivity index (χ3n) is 3.43. The van der Waals surface area contributed by atoms with Crippen LogP contribution in [0.3, 0.4) is 0 Å². The van der Waals surface area contributed by atoms with Gasteiger partial charge in [-0.05, 0) is 37.7 Å². The molecular weight excluding hydrogens is 280 g/mol. The van der Waals surface area contributed by atoms with Crippen LogP contribution in [0.2, 0.25) is 5.15 Å². The van der Waals surface area contributed by atoms with Gasteiger partial charge in [0.25, 0.3) is 5.91 Å². The molecule has 1 aromatic heterocycles. The SMILES string of the molecule is CCCc1cc(C(=O)NCC2(SC)CC2)cc(Cl)n1. The summed E-state index contributed by atoms with van der Waals surface area (Å²) in [7, 11) is 0. The summed E-state index contributed by atoms with van der Waals surface area (Å²) in [5.41, 5.74) is 1.49. The number of halogens is 1. The molecular formula is C14H19ClN2OS. The zero-order chi connectivity index (χ0) is 13.9. The molecule has 1 N–H and O–H groups in total. The normalized spacial score (nSPS) is 16.2. The lowest BCUT2D eigenvalue weighted by molar-refractivity contribution is 0.0952. The first kappa shape index (κ1) is 14.7. The lowest BCUT2D eigenvalue weighted by Gasteiger charge is -2.13. The zero-order valence-electron chi connectivity index (χ0n) is 11.3. The molecule has 19 heavy (non-hydrogen) atoms. The van der Waals surface area contributed by atoms with Gasteiger partial charge in [0.05, 0.1) is 0 Å². The van der Waals surface area contributed by atoms with E-state index in [0.29, 0.717) is 10.7 Å². The molecule has 1 amide bonds. The zero-order valence-corrected chi connectivity index (χ0v) is 12.9. The molecule has 1 aromatic rings. The minimum Gasteiger partial charge on any atom is -0.351 e. The molecule has 0 aromatic carbocycles. The summed E-state index contributed by atoms with van der Waals surface area (Å²) in [4.78, 5) is 16.4. The van der Waals surface area contributed by atoms with Crippen molar-refractivity contribution in [1.29, 1.82) is 0 Å². The van der Waals surface area contributed by atoms with E-state index in [2.05, 4.69) is 23.5 Å². The number of thioether (sulfide) groups is 1. The summed E-state index contributed by atoms with van der Waals surface area (Å²) >= 11 is 7.80. The van der Waals surface area contributed by atoms with Crippen LogP contribution in [0.25, 0.3) is 0 Å². The number of carbonyl (C=O) groups is 1. The second-order valence-corrected chi connectivity index (χ2v) is 6.65. The van der Waals surface area contributed by atoms with Crippen molar-refractivity contribution in [3.63, 3.8) is 0 Å². The fourth-order valence-electron chi connectivity index (χ4n) is 2.00. The molecule has 0 spiro atoms. The lowest BCUT2D eigenvalue weighted by Crippen LogP contribution is -2.31. The number of rotatable bonds is 6. The van der Waals surface area contributed by atoms with Crippen LogP contribution in [0.1, 0.15) is 42.2 Å². The van der Waals surface area contributed by atoms with Crippen molar-refractivity contribution in [2.45, 2.75) is 37.4 Å². The van der Waals surface area contributed by atoms with Gasteiger partial charge >= 0.3 is 0 Å². The Kier molecular flexibility index (Phi) is 4.74. The van der Waals surface area contributed by atoms with Gasteiger partial charge in [0.1, 0.15) is 5.15 Å². The number of nitrogens with one attached hydrogen (secondary N) is 1. The second kappa shape index (κ2) is 6.14. The van der Waals surface area contributed by atoms with Gasteiger partial charge in [-0.15, -0.1) is 0 Å². The average Bonchev–Trinajstić information content (AvgIpc) is 3.16. The smallest absolute Gasteiger partial charge is 0.251 e. The molecule has 5 heteroatoms. The highest BCUT2D eigenvalue weighted by molar-refractivity contribution is 8.00. The molecule has 0 atom stereocenters. The number of aryl methyl sites for hydroxylation is 1. The van der Waals surface area contributed by atoms with Gasteiger partial charge in [0.2, 0.25) is 0 Å². The van der Waals surface area contributed by atoms with E-state index in [4.69, 9.17) is 11.6 Å². The van der Waals surface area contributed by atoms with Crippen molar-refractivity contribution in [3.8, 4) is 0 Å². The lowest BCUT2D eigenvalue weighted by atomic mass is 10.1. The third kappa shape index (κ3) is 3.86. The molecule has 1 heterocycles. The van der Waals surface area contributed by atoms with E-state index in [0.717, 1.165) is 25.1 Å². The molecule has 2 rings (SSSR count). The number of nitrogens with zero attached hydrogens (tertiary/aromatic N) is 1. The molecule has 0 saturated heterocycles. The Morgan fingerprint density at radius 3 is 2.84 bits per heavy atom. The quantitative estimate of drug-likeness (QED) is 0.819. The molecule has 0 bridgehead atoms. The maximum atomic E-state index is 12.1. The summed E-state index contributed by atoms with van der Waals surface area (Å²) in [5.74, 6) is -0.0537. The minimum atomic E-state index is -0.0537. The van der Waals surface area contributed by atoms with Crippen molar-refractivity contribution in [1.82, 2.24) is 10.3 Å². The van der Waals surface area contributed by atoms with Gasteiger partial charge in [0.15, 0.2) is 0 Å². The monoisotopic (exact) mass is 298 g/mol. The van der Waals surface area contributed by atoms with Crippen molar-refractivity contribution < 1.29 is 4.79 Å². The van der Waals surface area contributed by atoms with Crippen molar-refractivity contribution >= 4 is 29.3 Å². The van der Waals surface area contributed by atoms with Crippen LogP contribution in [-0.4, -0.2) is 28.4 Å². The van der Waals surface area contributed by atoms with Crippen LogP contribution in [0.4, 0.5) is 0 Å². The fraction of sp³-hybridized carbons (Fsp3) is 0.571. The molecule has 104 valence electrons. The number of pyridine rings is 1. The van der Waals surface area contributed by atoms with E-state index in [1.807, 2.05) is 17.8 Å². The Morgan fingerprint density at radius 1 is 1.53 bits per heavy atom. The van der Waals surface area contributed by atoms with Gasteiger partial charge < -0.3 is 5.32 Å². The maximum Gasteiger partial charge on any atom is 0.251 e. The maximum absolute atomic E-state index is 12.1. The van der Waals surface area contributed by atoms with Gasteiger partial charge in [-0.3, -0.25) is 4.79 Å². The standard InChI is InChI=1S/C14H19ClN2OS/c1-3-4-11-7-10(8-12(15)17-11)13(18)16-9-14(19-2)5-6-14/h7-8H,3-6,9H2,1-2H3,(H,16,18). The number of carbonyl (C=O) groups excluding carboxylic acids is 1. The molecule has 0 unspecified atom stereocenters. The first-order chi connectivity index (χ1) is 9.08. The largest absolute Gasteiger partial charge is 0.351 e. The molecule has 0 radical (unpaired) electrons. The molecule has 1 aliphatic carbocycles. The summed E-state index contributed by atoms with van der Waals surface area (Å²) in [6, 6.07) is 3.47. The molecule has 1 aliphatic rings. The van der Waals surface area contributed by atoms with Gasteiger partial charge in [-0.2, -0.15) is 11.8 Å². The summed E-state index contributed by atoms with van der Waals surface area (Å²) < 4.78 is 0.277. The Labute approximate surface area is 123 Å². The van der Waals surface area contributed by atoms with E-state index < -0.39 is 0 Å². The van der Waals surface area contributed by atoms with Crippen LogP contribution in [0.5, 0.6) is 0 Å². The average molecular weight is 299 g/mol. The van der Waals surface area contributed by atoms with Gasteiger partial charge in [-0.1, -0.05) is 24.9 Å². The van der Waals surface area contributed by atoms with Crippen LogP contribution >= 0.6 is 23.4 Å². The van der Waals surface area contributed by atoms with Crippen LogP contribution < -0.4 is 5.32 Å². The highest BCUT2D eigenvalue weighted by atomic mass is 35.5. The molecule has 3 nitrogen and oxygen atoms in total. The van der Waals surface area contributed by atoms with Crippen molar-refractivity contribution in [2.24, 2.45) is 0 Å². The fourth-order valence-corrected chi connectivity index (χ4v) is 2.96. The van der Waals surface area contributed by atoms with E-state index in [1.165, 1.54) is 12.8 Å². The summed E-state index contributed by atoms with van der Waals surface area (Å²) in [6.45, 7) is 2.81. The van der Waals surface area contributed by atoms with Crippen LogP contribution in [0, 0.1) is 0 Å². The first-order valence-corrected chi connectivity index (χ1v) is 8.18. The minimum absolute atomic E-state index is 0.0537.